The van der Waals surface area contributed by atoms with E-state index in [1.54, 1.807) is 0 Å². The van der Waals surface area contributed by atoms with E-state index in [0.29, 0.717) is 5.56 Å². The van der Waals surface area contributed by atoms with Gasteiger partial charge in [-0.25, -0.2) is 4.79 Å². The number of benzene rings is 1. The summed E-state index contributed by atoms with van der Waals surface area (Å²) in [6, 6.07) is 3.56. The lowest BCUT2D eigenvalue weighted by molar-refractivity contribution is -0.119. The fraction of sp³-hybridized carbons (Fsp3) is 0.333. The molecule has 0 aliphatic rings. The summed E-state index contributed by atoms with van der Waals surface area (Å²) in [6.45, 7) is 1.35. The summed E-state index contributed by atoms with van der Waals surface area (Å²) in [6.07, 6.45) is -0.706. The maximum Gasteiger partial charge on any atom is 0.407 e. The summed E-state index contributed by atoms with van der Waals surface area (Å²) in [5.41, 5.74) is 0.502. The van der Waals surface area contributed by atoms with Gasteiger partial charge in [0.15, 0.2) is 17.3 Å². The van der Waals surface area contributed by atoms with Gasteiger partial charge in [0.05, 0.1) is 14.2 Å². The number of phenols is 1. The summed E-state index contributed by atoms with van der Waals surface area (Å²) in [5, 5.41) is 11.9. The molecule has 0 aromatic heterocycles. The van der Waals surface area contributed by atoms with Crippen molar-refractivity contribution < 1.29 is 24.2 Å². The molecule has 1 amide bonds. The van der Waals surface area contributed by atoms with Crippen LogP contribution in [0.3, 0.4) is 0 Å². The molecule has 98 valence electrons. The number of phenolic OH excluding ortho intramolecular Hbond substituents is 1. The first-order valence-corrected chi connectivity index (χ1v) is 5.21. The van der Waals surface area contributed by atoms with Crippen LogP contribution in [-0.2, 0) is 9.53 Å². The van der Waals surface area contributed by atoms with Crippen LogP contribution in [0.15, 0.2) is 18.2 Å². The molecule has 0 heterocycles. The number of ketones is 1. The molecule has 1 aromatic carbocycles. The number of alkyl carbamates (subject to hydrolysis) is 1. The average molecular weight is 253 g/mol. The van der Waals surface area contributed by atoms with E-state index in [4.69, 9.17) is 4.74 Å². The summed E-state index contributed by atoms with van der Waals surface area (Å²) < 4.78 is 9.39. The summed E-state index contributed by atoms with van der Waals surface area (Å²) in [5.74, 6) is -0.0693. The Kier molecular flexibility index (Phi) is 4.53. The van der Waals surface area contributed by atoms with Crippen LogP contribution in [-0.4, -0.2) is 31.2 Å². The van der Waals surface area contributed by atoms with Crippen LogP contribution in [0.2, 0.25) is 0 Å². The van der Waals surface area contributed by atoms with Crippen molar-refractivity contribution in [1.29, 1.82) is 0 Å². The third kappa shape index (κ3) is 3.13. The van der Waals surface area contributed by atoms with Gasteiger partial charge in [-0.1, -0.05) is 6.07 Å². The van der Waals surface area contributed by atoms with Crippen LogP contribution >= 0.6 is 0 Å². The van der Waals surface area contributed by atoms with E-state index in [1.807, 2.05) is 0 Å². The third-order valence-corrected chi connectivity index (χ3v) is 2.39. The SMILES string of the molecule is COC(=O)NC(C(C)=O)c1ccc(O)c(OC)c1. The van der Waals surface area contributed by atoms with E-state index in [1.165, 1.54) is 39.3 Å². The van der Waals surface area contributed by atoms with Gasteiger partial charge in [0.25, 0.3) is 0 Å². The normalized spacial score (nSPS) is 11.5. The predicted octanol–water partition coefficient (Wildman–Crippen LogP) is 1.39. The van der Waals surface area contributed by atoms with E-state index >= 15 is 0 Å². The number of Topliss-reactive ketones (excluding diaryl/α,β-unsaturated/α-hetero) is 1. The van der Waals surface area contributed by atoms with Crippen LogP contribution in [0.5, 0.6) is 11.5 Å². The van der Waals surface area contributed by atoms with Gasteiger partial charge < -0.3 is 19.9 Å². The Labute approximate surface area is 105 Å². The molecule has 6 nitrogen and oxygen atoms in total. The number of amides is 1. The fourth-order valence-corrected chi connectivity index (χ4v) is 1.47. The van der Waals surface area contributed by atoms with Crippen LogP contribution in [0, 0.1) is 0 Å². The fourth-order valence-electron chi connectivity index (χ4n) is 1.47. The molecule has 6 heteroatoms. The number of rotatable bonds is 4. The lowest BCUT2D eigenvalue weighted by Gasteiger charge is -2.16. The second-order valence-corrected chi connectivity index (χ2v) is 3.61. The number of methoxy groups -OCH3 is 2. The van der Waals surface area contributed by atoms with Crippen LogP contribution in [0.4, 0.5) is 4.79 Å². The molecule has 0 bridgehead atoms. The largest absolute Gasteiger partial charge is 0.504 e. The molecule has 0 aliphatic carbocycles. The first-order chi connectivity index (χ1) is 8.49. The van der Waals surface area contributed by atoms with Crippen molar-refractivity contribution in [1.82, 2.24) is 5.32 Å². The second kappa shape index (κ2) is 5.90. The zero-order valence-electron chi connectivity index (χ0n) is 10.4. The molecule has 18 heavy (non-hydrogen) atoms. The molecule has 0 saturated heterocycles. The molecule has 0 radical (unpaired) electrons. The minimum atomic E-state index is -0.841. The van der Waals surface area contributed by atoms with Crippen molar-refractivity contribution >= 4 is 11.9 Å². The molecule has 1 aromatic rings. The van der Waals surface area contributed by atoms with Gasteiger partial charge in [-0.15, -0.1) is 0 Å². The topological polar surface area (TPSA) is 84.9 Å². The first kappa shape index (κ1) is 13.8. The summed E-state index contributed by atoms with van der Waals surface area (Å²) in [4.78, 5) is 22.7. The van der Waals surface area contributed by atoms with Crippen LogP contribution in [0.25, 0.3) is 0 Å². The average Bonchev–Trinajstić information content (AvgIpc) is 2.36. The first-order valence-electron chi connectivity index (χ1n) is 5.21. The molecular weight excluding hydrogens is 238 g/mol. The Morgan fingerprint density at radius 2 is 2.00 bits per heavy atom. The van der Waals surface area contributed by atoms with Gasteiger partial charge in [-0.2, -0.15) is 0 Å². The van der Waals surface area contributed by atoms with Gasteiger partial charge in [0.1, 0.15) is 6.04 Å². The number of carbonyl (C=O) groups is 2. The Morgan fingerprint density at radius 3 is 2.50 bits per heavy atom. The lowest BCUT2D eigenvalue weighted by Crippen LogP contribution is -2.32. The number of hydrogen-bond acceptors (Lipinski definition) is 5. The number of nitrogens with one attached hydrogen (secondary N) is 1. The molecule has 0 spiro atoms. The number of ether oxygens (including phenoxy) is 2. The maximum atomic E-state index is 11.5. The highest BCUT2D eigenvalue weighted by molar-refractivity contribution is 5.86. The quantitative estimate of drug-likeness (QED) is 0.846. The van der Waals surface area contributed by atoms with Crippen LogP contribution in [0.1, 0.15) is 18.5 Å². The molecule has 0 aliphatic heterocycles. The highest BCUT2D eigenvalue weighted by Gasteiger charge is 2.20. The van der Waals surface area contributed by atoms with E-state index in [0.717, 1.165) is 0 Å². The predicted molar refractivity (Wildman–Crippen MR) is 63.6 cm³/mol. The molecule has 1 unspecified atom stereocenters. The van der Waals surface area contributed by atoms with E-state index in [9.17, 15) is 14.7 Å². The maximum absolute atomic E-state index is 11.5. The van der Waals surface area contributed by atoms with Crippen molar-refractivity contribution in [3.8, 4) is 11.5 Å². The standard InChI is InChI=1S/C12H15NO5/c1-7(14)11(13-12(16)18-3)8-4-5-9(15)10(6-8)17-2/h4-6,11,15H,1-3H3,(H,13,16). The highest BCUT2D eigenvalue weighted by Crippen LogP contribution is 2.29. The summed E-state index contributed by atoms with van der Waals surface area (Å²) >= 11 is 0. The van der Waals surface area contributed by atoms with Crippen molar-refractivity contribution in [2.24, 2.45) is 0 Å². The van der Waals surface area contributed by atoms with Crippen molar-refractivity contribution in [3.63, 3.8) is 0 Å². The van der Waals surface area contributed by atoms with Crippen molar-refractivity contribution in [3.05, 3.63) is 23.8 Å². The molecule has 1 atom stereocenters. The van der Waals surface area contributed by atoms with E-state index < -0.39 is 12.1 Å². The Balaban J connectivity index is 3.06. The molecule has 1 rings (SSSR count). The van der Waals surface area contributed by atoms with Gasteiger partial charge in [0.2, 0.25) is 0 Å². The number of carbonyl (C=O) groups excluding carboxylic acids is 2. The zero-order valence-corrected chi connectivity index (χ0v) is 10.4. The Morgan fingerprint density at radius 1 is 1.33 bits per heavy atom. The van der Waals surface area contributed by atoms with E-state index in [-0.39, 0.29) is 17.3 Å². The molecular formula is C12H15NO5. The monoisotopic (exact) mass is 253 g/mol. The van der Waals surface area contributed by atoms with Gasteiger partial charge in [-0.3, -0.25) is 4.79 Å². The van der Waals surface area contributed by atoms with Crippen molar-refractivity contribution in [2.45, 2.75) is 13.0 Å². The van der Waals surface area contributed by atoms with Crippen molar-refractivity contribution in [2.75, 3.05) is 14.2 Å². The second-order valence-electron chi connectivity index (χ2n) is 3.61. The number of aromatic hydroxyl groups is 1. The molecule has 0 saturated carbocycles. The minimum Gasteiger partial charge on any atom is -0.504 e. The highest BCUT2D eigenvalue weighted by atomic mass is 16.5. The van der Waals surface area contributed by atoms with Crippen LogP contribution < -0.4 is 10.1 Å². The molecule has 0 fully saturated rings. The Bertz CT molecular complexity index is 458. The summed E-state index contributed by atoms with van der Waals surface area (Å²) in [7, 11) is 2.61. The lowest BCUT2D eigenvalue weighted by atomic mass is 10.0. The number of hydrogen-bond donors (Lipinski definition) is 2. The van der Waals surface area contributed by atoms with E-state index in [2.05, 4.69) is 10.1 Å². The molecule has 2 N–H and O–H groups in total. The smallest absolute Gasteiger partial charge is 0.407 e. The Hall–Kier alpha value is -2.24. The van der Waals surface area contributed by atoms with Gasteiger partial charge in [0, 0.05) is 0 Å². The zero-order chi connectivity index (χ0) is 13.7. The third-order valence-electron chi connectivity index (χ3n) is 2.39. The minimum absolute atomic E-state index is 0.0402. The van der Waals surface area contributed by atoms with Gasteiger partial charge in [-0.05, 0) is 24.6 Å². The van der Waals surface area contributed by atoms with Gasteiger partial charge >= 0.3 is 6.09 Å².